The van der Waals surface area contributed by atoms with Crippen LogP contribution in [0.5, 0.6) is 0 Å². The Bertz CT molecular complexity index is 366. The number of anilines is 1. The molecular formula is C10H14BrN3O. The van der Waals surface area contributed by atoms with Crippen LogP contribution in [-0.2, 0) is 0 Å². The lowest BCUT2D eigenvalue weighted by molar-refractivity contribution is 0.317. The van der Waals surface area contributed by atoms with Gasteiger partial charge in [0.15, 0.2) is 0 Å². The average molecular weight is 272 g/mol. The minimum atomic E-state index is 0.232. The van der Waals surface area contributed by atoms with Gasteiger partial charge in [0.25, 0.3) is 0 Å². The van der Waals surface area contributed by atoms with Gasteiger partial charge in [-0.25, -0.2) is 0 Å². The highest BCUT2D eigenvalue weighted by molar-refractivity contribution is 9.10. The zero-order chi connectivity index (χ0) is 11.3. The highest BCUT2D eigenvalue weighted by atomic mass is 79.9. The van der Waals surface area contributed by atoms with E-state index in [-0.39, 0.29) is 5.84 Å². The van der Waals surface area contributed by atoms with Gasteiger partial charge >= 0.3 is 0 Å². The summed E-state index contributed by atoms with van der Waals surface area (Å²) in [6.45, 7) is 2.67. The van der Waals surface area contributed by atoms with E-state index >= 15 is 0 Å². The van der Waals surface area contributed by atoms with Crippen molar-refractivity contribution < 1.29 is 5.21 Å². The molecule has 0 unspecified atom stereocenters. The topological polar surface area (TPSA) is 70.6 Å². The number of nitrogens with one attached hydrogen (secondary N) is 1. The van der Waals surface area contributed by atoms with Crippen molar-refractivity contribution in [3.05, 3.63) is 28.2 Å². The van der Waals surface area contributed by atoms with Crippen molar-refractivity contribution in [2.75, 3.05) is 11.9 Å². The van der Waals surface area contributed by atoms with Crippen LogP contribution in [0.1, 0.15) is 12.0 Å². The number of benzene rings is 1. The van der Waals surface area contributed by atoms with E-state index in [9.17, 15) is 0 Å². The second-order valence-electron chi connectivity index (χ2n) is 3.18. The lowest BCUT2D eigenvalue weighted by atomic mass is 10.2. The zero-order valence-electron chi connectivity index (χ0n) is 8.50. The van der Waals surface area contributed by atoms with Crippen LogP contribution in [0, 0.1) is 6.92 Å². The van der Waals surface area contributed by atoms with E-state index in [0.717, 1.165) is 15.7 Å². The Morgan fingerprint density at radius 3 is 3.00 bits per heavy atom. The minimum absolute atomic E-state index is 0.232. The van der Waals surface area contributed by atoms with E-state index in [1.54, 1.807) is 0 Å². The highest BCUT2D eigenvalue weighted by Crippen LogP contribution is 2.23. The molecule has 0 aliphatic carbocycles. The van der Waals surface area contributed by atoms with Gasteiger partial charge in [-0.15, -0.1) is 0 Å². The molecule has 0 amide bonds. The van der Waals surface area contributed by atoms with Crippen LogP contribution in [0.25, 0.3) is 0 Å². The maximum atomic E-state index is 8.36. The molecule has 5 heteroatoms. The predicted molar refractivity (Wildman–Crippen MR) is 65.4 cm³/mol. The molecule has 0 aliphatic heterocycles. The Kier molecular flexibility index (Phi) is 4.42. The second kappa shape index (κ2) is 5.60. The molecule has 0 radical (unpaired) electrons. The van der Waals surface area contributed by atoms with Crippen LogP contribution in [0.2, 0.25) is 0 Å². The first kappa shape index (κ1) is 11.8. The molecule has 4 nitrogen and oxygen atoms in total. The van der Waals surface area contributed by atoms with E-state index in [1.165, 1.54) is 0 Å². The molecule has 0 spiro atoms. The summed E-state index contributed by atoms with van der Waals surface area (Å²) < 4.78 is 1.07. The van der Waals surface area contributed by atoms with Gasteiger partial charge in [0.1, 0.15) is 5.84 Å². The maximum Gasteiger partial charge on any atom is 0.140 e. The smallest absolute Gasteiger partial charge is 0.140 e. The molecule has 15 heavy (non-hydrogen) atoms. The number of hydrogen-bond donors (Lipinski definition) is 3. The summed E-state index contributed by atoms with van der Waals surface area (Å²) in [6, 6.07) is 5.94. The van der Waals surface area contributed by atoms with Crippen molar-refractivity contribution in [3.8, 4) is 0 Å². The monoisotopic (exact) mass is 271 g/mol. The van der Waals surface area contributed by atoms with Gasteiger partial charge in [0, 0.05) is 23.1 Å². The van der Waals surface area contributed by atoms with Gasteiger partial charge in [-0.1, -0.05) is 27.2 Å². The van der Waals surface area contributed by atoms with Gasteiger partial charge < -0.3 is 16.3 Å². The molecule has 0 bridgehead atoms. The van der Waals surface area contributed by atoms with Gasteiger partial charge in [0.05, 0.1) is 0 Å². The molecule has 0 heterocycles. The lowest BCUT2D eigenvalue weighted by Gasteiger charge is -2.09. The molecule has 0 atom stereocenters. The third-order valence-electron chi connectivity index (χ3n) is 2.09. The summed E-state index contributed by atoms with van der Waals surface area (Å²) in [5, 5.41) is 14.5. The van der Waals surface area contributed by atoms with Gasteiger partial charge in [0.2, 0.25) is 0 Å². The fraction of sp³-hybridized carbons (Fsp3) is 0.300. The Morgan fingerprint density at radius 2 is 2.33 bits per heavy atom. The van der Waals surface area contributed by atoms with Crippen LogP contribution < -0.4 is 11.1 Å². The summed E-state index contributed by atoms with van der Waals surface area (Å²) in [5.41, 5.74) is 7.56. The van der Waals surface area contributed by atoms with Crippen molar-refractivity contribution in [2.24, 2.45) is 10.9 Å². The van der Waals surface area contributed by atoms with Gasteiger partial charge in [-0.05, 0) is 24.6 Å². The van der Waals surface area contributed by atoms with Crippen LogP contribution in [0.3, 0.4) is 0 Å². The Hall–Kier alpha value is -1.23. The summed E-state index contributed by atoms with van der Waals surface area (Å²) >= 11 is 3.45. The maximum absolute atomic E-state index is 8.36. The van der Waals surface area contributed by atoms with Crippen molar-refractivity contribution in [1.82, 2.24) is 0 Å². The molecular weight excluding hydrogens is 258 g/mol. The summed E-state index contributed by atoms with van der Waals surface area (Å²) in [7, 11) is 0. The predicted octanol–water partition coefficient (Wildman–Crippen LogP) is 2.31. The Balaban J connectivity index is 2.55. The Labute approximate surface area is 97.3 Å². The second-order valence-corrected chi connectivity index (χ2v) is 4.03. The van der Waals surface area contributed by atoms with Crippen LogP contribution in [0.4, 0.5) is 5.69 Å². The number of rotatable bonds is 4. The van der Waals surface area contributed by atoms with E-state index in [4.69, 9.17) is 10.9 Å². The first-order chi connectivity index (χ1) is 7.15. The molecule has 1 rings (SSSR count). The molecule has 0 aromatic heterocycles. The number of nitrogens with two attached hydrogens (primary N) is 1. The molecule has 0 aliphatic rings. The van der Waals surface area contributed by atoms with E-state index in [2.05, 4.69) is 26.4 Å². The molecule has 0 fully saturated rings. The molecule has 1 aromatic rings. The summed E-state index contributed by atoms with van der Waals surface area (Å²) in [6.07, 6.45) is 0.516. The van der Waals surface area contributed by atoms with E-state index in [1.807, 2.05) is 25.1 Å². The first-order valence-electron chi connectivity index (χ1n) is 4.60. The molecule has 1 aromatic carbocycles. The number of oxime groups is 1. The number of halogens is 1. The molecule has 0 saturated carbocycles. The van der Waals surface area contributed by atoms with Gasteiger partial charge in [-0.2, -0.15) is 0 Å². The van der Waals surface area contributed by atoms with Crippen molar-refractivity contribution in [1.29, 1.82) is 0 Å². The SMILES string of the molecule is Cc1c(Br)cccc1NCC/C(N)=N/O. The summed E-state index contributed by atoms with van der Waals surface area (Å²) in [4.78, 5) is 0. The van der Waals surface area contributed by atoms with Crippen molar-refractivity contribution in [3.63, 3.8) is 0 Å². The third kappa shape index (κ3) is 3.43. The van der Waals surface area contributed by atoms with Crippen molar-refractivity contribution in [2.45, 2.75) is 13.3 Å². The van der Waals surface area contributed by atoms with Crippen LogP contribution in [-0.4, -0.2) is 17.6 Å². The normalized spacial score (nSPS) is 11.5. The van der Waals surface area contributed by atoms with E-state index in [0.29, 0.717) is 13.0 Å². The van der Waals surface area contributed by atoms with Crippen LogP contribution >= 0.6 is 15.9 Å². The molecule has 0 saturated heterocycles. The standard InChI is InChI=1S/C10H14BrN3O/c1-7-8(11)3-2-4-9(7)13-6-5-10(12)14-15/h2-4,13,15H,5-6H2,1H3,(H2,12,14). The number of hydrogen-bond acceptors (Lipinski definition) is 3. The quantitative estimate of drug-likeness (QED) is 0.341. The van der Waals surface area contributed by atoms with Gasteiger partial charge in [-0.3, -0.25) is 0 Å². The highest BCUT2D eigenvalue weighted by Gasteiger charge is 2.00. The number of amidine groups is 1. The average Bonchev–Trinajstić information content (AvgIpc) is 2.24. The Morgan fingerprint density at radius 1 is 1.60 bits per heavy atom. The third-order valence-corrected chi connectivity index (χ3v) is 2.95. The van der Waals surface area contributed by atoms with E-state index < -0.39 is 0 Å². The summed E-state index contributed by atoms with van der Waals surface area (Å²) in [5.74, 6) is 0.232. The molecule has 4 N–H and O–H groups in total. The van der Waals surface area contributed by atoms with Crippen molar-refractivity contribution >= 4 is 27.5 Å². The zero-order valence-corrected chi connectivity index (χ0v) is 10.1. The largest absolute Gasteiger partial charge is 0.409 e. The lowest BCUT2D eigenvalue weighted by Crippen LogP contribution is -2.16. The fourth-order valence-corrected chi connectivity index (χ4v) is 1.54. The minimum Gasteiger partial charge on any atom is -0.409 e. The van der Waals surface area contributed by atoms with Crippen LogP contribution in [0.15, 0.2) is 27.8 Å². The first-order valence-corrected chi connectivity index (χ1v) is 5.40. The number of nitrogens with zero attached hydrogens (tertiary/aromatic N) is 1. The molecule has 82 valence electrons. The fourth-order valence-electron chi connectivity index (χ4n) is 1.17.